The standard InChI is InChI=1S/C25H28O5S/c1-15-4-8-17(9-5-15)19(27)23-21-22(30-14-25(3,12-26)13-29-21)24(31-23)20(28)18-10-6-16(2)7-11-18/h4-11,19-20,26-28H,12-14H2,1-3H3. The van der Waals surface area contributed by atoms with Crippen LogP contribution in [0.15, 0.2) is 48.5 Å². The van der Waals surface area contributed by atoms with Crippen molar-refractivity contribution >= 4 is 11.3 Å². The van der Waals surface area contributed by atoms with E-state index in [0.717, 1.165) is 22.3 Å². The van der Waals surface area contributed by atoms with E-state index in [1.165, 1.54) is 11.3 Å². The molecular formula is C25H28O5S. The van der Waals surface area contributed by atoms with Gasteiger partial charge in [0.1, 0.15) is 12.2 Å². The quantitative estimate of drug-likeness (QED) is 0.551. The van der Waals surface area contributed by atoms with Crippen LogP contribution in [0, 0.1) is 19.3 Å². The van der Waals surface area contributed by atoms with Gasteiger partial charge in [0.05, 0.1) is 35.0 Å². The highest BCUT2D eigenvalue weighted by molar-refractivity contribution is 7.13. The van der Waals surface area contributed by atoms with Gasteiger partial charge in [-0.3, -0.25) is 0 Å². The number of aryl methyl sites for hydroxylation is 2. The second kappa shape index (κ2) is 8.63. The van der Waals surface area contributed by atoms with Gasteiger partial charge in [0.2, 0.25) is 0 Å². The van der Waals surface area contributed by atoms with E-state index in [1.807, 2.05) is 69.3 Å². The van der Waals surface area contributed by atoms with Crippen molar-refractivity contribution in [3.63, 3.8) is 0 Å². The lowest BCUT2D eigenvalue weighted by molar-refractivity contribution is 0.0534. The number of hydrogen-bond donors (Lipinski definition) is 3. The molecule has 2 heterocycles. The fraction of sp³-hybridized carbons (Fsp3) is 0.360. The Labute approximate surface area is 186 Å². The van der Waals surface area contributed by atoms with Crippen LogP contribution in [0.2, 0.25) is 0 Å². The molecule has 1 aliphatic rings. The Morgan fingerprint density at radius 3 is 1.55 bits per heavy atom. The first-order valence-electron chi connectivity index (χ1n) is 10.3. The molecule has 0 aliphatic carbocycles. The molecule has 2 atom stereocenters. The predicted molar refractivity (Wildman–Crippen MR) is 121 cm³/mol. The van der Waals surface area contributed by atoms with Crippen LogP contribution >= 0.6 is 11.3 Å². The number of fused-ring (bicyclic) bond motifs is 1. The lowest BCUT2D eigenvalue weighted by Gasteiger charge is -2.23. The number of benzene rings is 2. The van der Waals surface area contributed by atoms with Gasteiger partial charge in [-0.05, 0) is 25.0 Å². The minimum absolute atomic E-state index is 0.0909. The van der Waals surface area contributed by atoms with Gasteiger partial charge in [-0.1, -0.05) is 66.6 Å². The molecule has 4 rings (SSSR count). The van der Waals surface area contributed by atoms with Gasteiger partial charge in [0.25, 0.3) is 0 Å². The van der Waals surface area contributed by atoms with Crippen molar-refractivity contribution < 1.29 is 24.8 Å². The van der Waals surface area contributed by atoms with Crippen LogP contribution in [0.1, 0.15) is 51.1 Å². The molecule has 6 heteroatoms. The van der Waals surface area contributed by atoms with E-state index >= 15 is 0 Å². The maximum atomic E-state index is 11.2. The molecule has 0 bridgehead atoms. The van der Waals surface area contributed by atoms with E-state index in [2.05, 4.69) is 0 Å². The van der Waals surface area contributed by atoms with Crippen LogP contribution in [0.3, 0.4) is 0 Å². The van der Waals surface area contributed by atoms with Crippen molar-refractivity contribution in [1.29, 1.82) is 0 Å². The van der Waals surface area contributed by atoms with Gasteiger partial charge < -0.3 is 24.8 Å². The highest BCUT2D eigenvalue weighted by Gasteiger charge is 2.36. The SMILES string of the molecule is Cc1ccc(C(O)c2sc(C(O)c3ccc(C)cc3)c3c2OCC(C)(CO)CO3)cc1. The van der Waals surface area contributed by atoms with Crippen molar-refractivity contribution in [1.82, 2.24) is 0 Å². The molecule has 5 nitrogen and oxygen atoms in total. The number of hydrogen-bond acceptors (Lipinski definition) is 6. The summed E-state index contributed by atoms with van der Waals surface area (Å²) in [5.74, 6) is 0.882. The van der Waals surface area contributed by atoms with E-state index in [9.17, 15) is 15.3 Å². The molecule has 3 N–H and O–H groups in total. The summed E-state index contributed by atoms with van der Waals surface area (Å²) in [6.45, 7) is 6.29. The summed E-state index contributed by atoms with van der Waals surface area (Å²) in [6, 6.07) is 15.4. The summed E-state index contributed by atoms with van der Waals surface area (Å²) in [6.07, 6.45) is -1.83. The van der Waals surface area contributed by atoms with Gasteiger partial charge >= 0.3 is 0 Å². The maximum absolute atomic E-state index is 11.2. The third-order valence-electron chi connectivity index (χ3n) is 5.67. The number of thiophene rings is 1. The van der Waals surface area contributed by atoms with E-state index in [1.54, 1.807) is 0 Å². The highest BCUT2D eigenvalue weighted by Crippen LogP contribution is 2.52. The van der Waals surface area contributed by atoms with Crippen LogP contribution < -0.4 is 9.47 Å². The van der Waals surface area contributed by atoms with Gasteiger partial charge in [-0.2, -0.15) is 0 Å². The molecule has 2 aromatic carbocycles. The Balaban J connectivity index is 1.79. The first-order chi connectivity index (χ1) is 14.8. The minimum atomic E-state index is -0.916. The molecule has 0 spiro atoms. The summed E-state index contributed by atoms with van der Waals surface area (Å²) in [5.41, 5.74) is 3.12. The summed E-state index contributed by atoms with van der Waals surface area (Å²) < 4.78 is 12.2. The van der Waals surface area contributed by atoms with E-state index in [-0.39, 0.29) is 19.8 Å². The Hall–Kier alpha value is -2.38. The van der Waals surface area contributed by atoms with Gasteiger partial charge in [0.15, 0.2) is 11.5 Å². The molecule has 0 saturated heterocycles. The maximum Gasteiger partial charge on any atom is 0.178 e. The Kier molecular flexibility index (Phi) is 6.08. The molecule has 164 valence electrons. The van der Waals surface area contributed by atoms with Crippen molar-refractivity contribution in [3.05, 3.63) is 80.5 Å². The van der Waals surface area contributed by atoms with E-state index < -0.39 is 17.6 Å². The Bertz CT molecular complexity index is 961. The fourth-order valence-corrected chi connectivity index (χ4v) is 4.72. The fourth-order valence-electron chi connectivity index (χ4n) is 3.49. The monoisotopic (exact) mass is 440 g/mol. The van der Waals surface area contributed by atoms with Crippen molar-refractivity contribution in [3.8, 4) is 11.5 Å². The molecule has 1 aliphatic heterocycles. The zero-order valence-corrected chi connectivity index (χ0v) is 18.8. The van der Waals surface area contributed by atoms with Crippen LogP contribution in [0.5, 0.6) is 11.5 Å². The first kappa shape index (κ1) is 21.8. The van der Waals surface area contributed by atoms with Crippen molar-refractivity contribution in [2.75, 3.05) is 19.8 Å². The summed E-state index contributed by atoms with van der Waals surface area (Å²) >= 11 is 1.29. The number of ether oxygens (including phenoxy) is 2. The van der Waals surface area contributed by atoms with Crippen LogP contribution in [-0.4, -0.2) is 35.1 Å². The number of aliphatic hydroxyl groups is 3. The number of aliphatic hydroxyl groups excluding tert-OH is 3. The normalized spacial score (nSPS) is 20.2. The molecule has 31 heavy (non-hydrogen) atoms. The van der Waals surface area contributed by atoms with Gasteiger partial charge in [-0.25, -0.2) is 0 Å². The molecular weight excluding hydrogens is 412 g/mol. The molecule has 1 aromatic heterocycles. The molecule has 0 fully saturated rings. The van der Waals surface area contributed by atoms with Crippen LogP contribution in [0.25, 0.3) is 0 Å². The second-order valence-corrected chi connectivity index (χ2v) is 9.75. The average Bonchev–Trinajstić information content (AvgIpc) is 3.05. The molecule has 2 unspecified atom stereocenters. The van der Waals surface area contributed by atoms with E-state index in [0.29, 0.717) is 21.3 Å². The zero-order chi connectivity index (χ0) is 22.2. The molecule has 0 saturated carbocycles. The lowest BCUT2D eigenvalue weighted by Crippen LogP contribution is -2.34. The molecule has 3 aromatic rings. The third kappa shape index (κ3) is 4.34. The largest absolute Gasteiger partial charge is 0.488 e. The number of rotatable bonds is 5. The Morgan fingerprint density at radius 1 is 0.806 bits per heavy atom. The first-order valence-corrected chi connectivity index (χ1v) is 11.2. The molecule has 0 amide bonds. The van der Waals surface area contributed by atoms with E-state index in [4.69, 9.17) is 9.47 Å². The van der Waals surface area contributed by atoms with Crippen LogP contribution in [0.4, 0.5) is 0 Å². The second-order valence-electron chi connectivity index (χ2n) is 8.66. The minimum Gasteiger partial charge on any atom is -0.488 e. The summed E-state index contributed by atoms with van der Waals surface area (Å²) in [4.78, 5) is 1.17. The third-order valence-corrected chi connectivity index (χ3v) is 6.93. The van der Waals surface area contributed by atoms with Crippen molar-refractivity contribution in [2.24, 2.45) is 5.41 Å². The Morgan fingerprint density at radius 2 is 1.19 bits per heavy atom. The van der Waals surface area contributed by atoms with Gasteiger partial charge in [-0.15, -0.1) is 11.3 Å². The zero-order valence-electron chi connectivity index (χ0n) is 18.0. The summed E-state index contributed by atoms with van der Waals surface area (Å²) in [5, 5.41) is 32.1. The lowest BCUT2D eigenvalue weighted by atomic mass is 9.94. The average molecular weight is 441 g/mol. The molecule has 0 radical (unpaired) electrons. The van der Waals surface area contributed by atoms with Crippen LogP contribution in [-0.2, 0) is 0 Å². The van der Waals surface area contributed by atoms with Crippen molar-refractivity contribution in [2.45, 2.75) is 33.0 Å². The van der Waals surface area contributed by atoms with Gasteiger partial charge in [0, 0.05) is 0 Å². The smallest absolute Gasteiger partial charge is 0.178 e. The highest BCUT2D eigenvalue weighted by atomic mass is 32.1. The topological polar surface area (TPSA) is 79.2 Å². The predicted octanol–water partition coefficient (Wildman–Crippen LogP) is 4.30. The summed E-state index contributed by atoms with van der Waals surface area (Å²) in [7, 11) is 0.